The molecule has 1 aromatic rings. The van der Waals surface area contributed by atoms with Gasteiger partial charge in [0.05, 0.1) is 11.4 Å². The molecule has 0 aliphatic carbocycles. The summed E-state index contributed by atoms with van der Waals surface area (Å²) >= 11 is 0. The first-order valence-corrected chi connectivity index (χ1v) is 6.94. The first-order valence-electron chi connectivity index (χ1n) is 6.94. The highest BCUT2D eigenvalue weighted by Crippen LogP contribution is 2.21. The van der Waals surface area contributed by atoms with Gasteiger partial charge in [0.1, 0.15) is 0 Å². The van der Waals surface area contributed by atoms with E-state index in [4.69, 9.17) is 5.73 Å². The molecule has 0 spiro atoms. The number of anilines is 1. The molecule has 0 aliphatic heterocycles. The number of nitrogens with zero attached hydrogens (tertiary/aromatic N) is 2. The fourth-order valence-corrected chi connectivity index (χ4v) is 2.28. The Morgan fingerprint density at radius 2 is 2.16 bits per heavy atom. The van der Waals surface area contributed by atoms with Gasteiger partial charge in [-0.05, 0) is 38.1 Å². The SMILES string of the molecule is Cc1nn(C)cc1NC(=O)CCC(CCN)C(C)C. The van der Waals surface area contributed by atoms with Crippen molar-refractivity contribution in [2.24, 2.45) is 24.6 Å². The summed E-state index contributed by atoms with van der Waals surface area (Å²) in [6.45, 7) is 6.94. The Balaban J connectivity index is 2.45. The lowest BCUT2D eigenvalue weighted by atomic mass is 9.88. The minimum absolute atomic E-state index is 0.0544. The highest BCUT2D eigenvalue weighted by molar-refractivity contribution is 5.91. The van der Waals surface area contributed by atoms with Gasteiger partial charge in [0, 0.05) is 19.7 Å². The predicted octanol–water partition coefficient (Wildman–Crippen LogP) is 2.07. The number of carbonyl (C=O) groups is 1. The van der Waals surface area contributed by atoms with E-state index >= 15 is 0 Å². The van der Waals surface area contributed by atoms with Crippen LogP contribution in [-0.4, -0.2) is 22.2 Å². The Morgan fingerprint density at radius 1 is 1.47 bits per heavy atom. The van der Waals surface area contributed by atoms with Gasteiger partial charge in [-0.2, -0.15) is 5.10 Å². The van der Waals surface area contributed by atoms with Crippen LogP contribution in [0.5, 0.6) is 0 Å². The Labute approximate surface area is 115 Å². The molecule has 0 fully saturated rings. The first kappa shape index (κ1) is 15.7. The number of hydrogen-bond acceptors (Lipinski definition) is 3. The van der Waals surface area contributed by atoms with Gasteiger partial charge >= 0.3 is 0 Å². The molecule has 1 aromatic heterocycles. The van der Waals surface area contributed by atoms with E-state index in [1.807, 2.05) is 20.2 Å². The van der Waals surface area contributed by atoms with Gasteiger partial charge in [0.25, 0.3) is 0 Å². The second kappa shape index (κ2) is 7.28. The Bertz CT molecular complexity index is 412. The minimum Gasteiger partial charge on any atom is -0.330 e. The van der Waals surface area contributed by atoms with Crippen LogP contribution < -0.4 is 11.1 Å². The zero-order valence-electron chi connectivity index (χ0n) is 12.4. The highest BCUT2D eigenvalue weighted by atomic mass is 16.1. The second-order valence-corrected chi connectivity index (χ2v) is 5.47. The normalized spacial score (nSPS) is 12.7. The van der Waals surface area contributed by atoms with Gasteiger partial charge in [0.15, 0.2) is 0 Å². The molecule has 5 nitrogen and oxygen atoms in total. The molecule has 3 N–H and O–H groups in total. The smallest absolute Gasteiger partial charge is 0.224 e. The molecule has 1 atom stereocenters. The second-order valence-electron chi connectivity index (χ2n) is 5.47. The quantitative estimate of drug-likeness (QED) is 0.793. The Hall–Kier alpha value is -1.36. The van der Waals surface area contributed by atoms with Crippen molar-refractivity contribution in [3.05, 3.63) is 11.9 Å². The molecule has 0 aliphatic rings. The molecule has 0 aromatic carbocycles. The number of aryl methyl sites for hydroxylation is 2. The average molecular weight is 266 g/mol. The van der Waals surface area contributed by atoms with Crippen LogP contribution in [-0.2, 0) is 11.8 Å². The number of rotatable bonds is 7. The van der Waals surface area contributed by atoms with Crippen LogP contribution in [0.15, 0.2) is 6.20 Å². The van der Waals surface area contributed by atoms with E-state index in [2.05, 4.69) is 24.3 Å². The Kier molecular flexibility index (Phi) is 6.02. The summed E-state index contributed by atoms with van der Waals surface area (Å²) in [7, 11) is 1.85. The topological polar surface area (TPSA) is 72.9 Å². The molecule has 1 unspecified atom stereocenters. The Morgan fingerprint density at radius 3 is 2.63 bits per heavy atom. The number of nitrogens with two attached hydrogens (primary N) is 1. The van der Waals surface area contributed by atoms with Crippen LogP contribution in [0.2, 0.25) is 0 Å². The molecule has 19 heavy (non-hydrogen) atoms. The number of amides is 1. The molecule has 0 radical (unpaired) electrons. The van der Waals surface area contributed by atoms with Crippen molar-refractivity contribution < 1.29 is 4.79 Å². The zero-order chi connectivity index (χ0) is 14.4. The zero-order valence-corrected chi connectivity index (χ0v) is 12.4. The summed E-state index contributed by atoms with van der Waals surface area (Å²) in [6.07, 6.45) is 4.24. The van der Waals surface area contributed by atoms with Crippen molar-refractivity contribution in [3.63, 3.8) is 0 Å². The van der Waals surface area contributed by atoms with Gasteiger partial charge < -0.3 is 11.1 Å². The van der Waals surface area contributed by atoms with Crippen LogP contribution in [0.25, 0.3) is 0 Å². The summed E-state index contributed by atoms with van der Waals surface area (Å²) in [4.78, 5) is 11.9. The third-order valence-electron chi connectivity index (χ3n) is 3.51. The molecule has 1 rings (SSSR count). The molecule has 1 heterocycles. The van der Waals surface area contributed by atoms with E-state index in [1.165, 1.54) is 0 Å². The van der Waals surface area contributed by atoms with Crippen molar-refractivity contribution in [2.45, 2.75) is 40.0 Å². The lowest BCUT2D eigenvalue weighted by Gasteiger charge is -2.19. The van der Waals surface area contributed by atoms with E-state index in [-0.39, 0.29) is 5.91 Å². The maximum absolute atomic E-state index is 11.9. The molecule has 0 bridgehead atoms. The molecule has 5 heteroatoms. The third-order valence-corrected chi connectivity index (χ3v) is 3.51. The van der Waals surface area contributed by atoms with E-state index in [1.54, 1.807) is 4.68 Å². The lowest BCUT2D eigenvalue weighted by molar-refractivity contribution is -0.116. The molecule has 0 saturated carbocycles. The predicted molar refractivity (Wildman–Crippen MR) is 77.8 cm³/mol. The highest BCUT2D eigenvalue weighted by Gasteiger charge is 2.15. The molecule has 1 amide bonds. The van der Waals surface area contributed by atoms with Crippen LogP contribution in [0.3, 0.4) is 0 Å². The molecule has 0 saturated heterocycles. The number of hydrogen-bond donors (Lipinski definition) is 2. The van der Waals surface area contributed by atoms with Gasteiger partial charge in [0.2, 0.25) is 5.91 Å². The molecular formula is C14H26N4O. The van der Waals surface area contributed by atoms with E-state index in [0.29, 0.717) is 24.8 Å². The molecule has 108 valence electrons. The van der Waals surface area contributed by atoms with E-state index < -0.39 is 0 Å². The van der Waals surface area contributed by atoms with E-state index in [0.717, 1.165) is 24.2 Å². The fraction of sp³-hybridized carbons (Fsp3) is 0.714. The summed E-state index contributed by atoms with van der Waals surface area (Å²) in [5, 5.41) is 7.12. The van der Waals surface area contributed by atoms with Crippen LogP contribution >= 0.6 is 0 Å². The van der Waals surface area contributed by atoms with E-state index in [9.17, 15) is 4.79 Å². The van der Waals surface area contributed by atoms with Gasteiger partial charge in [-0.25, -0.2) is 0 Å². The monoisotopic (exact) mass is 266 g/mol. The van der Waals surface area contributed by atoms with Gasteiger partial charge in [-0.1, -0.05) is 13.8 Å². The standard InChI is InChI=1S/C14H26N4O/c1-10(2)12(7-8-15)5-6-14(19)16-13-9-18(4)17-11(13)3/h9-10,12H,5-8,15H2,1-4H3,(H,16,19). The summed E-state index contributed by atoms with van der Waals surface area (Å²) in [5.74, 6) is 1.14. The maximum Gasteiger partial charge on any atom is 0.224 e. The van der Waals surface area contributed by atoms with Crippen molar-refractivity contribution in [3.8, 4) is 0 Å². The fourth-order valence-electron chi connectivity index (χ4n) is 2.28. The number of aromatic nitrogens is 2. The van der Waals surface area contributed by atoms with Crippen molar-refractivity contribution in [1.29, 1.82) is 0 Å². The minimum atomic E-state index is 0.0544. The number of nitrogens with one attached hydrogen (secondary N) is 1. The molecular weight excluding hydrogens is 240 g/mol. The number of carbonyl (C=O) groups excluding carboxylic acids is 1. The van der Waals surface area contributed by atoms with Crippen molar-refractivity contribution in [2.75, 3.05) is 11.9 Å². The lowest BCUT2D eigenvalue weighted by Crippen LogP contribution is -2.18. The van der Waals surface area contributed by atoms with Crippen LogP contribution in [0, 0.1) is 18.8 Å². The summed E-state index contributed by atoms with van der Waals surface area (Å²) < 4.78 is 1.70. The van der Waals surface area contributed by atoms with Crippen LogP contribution in [0.4, 0.5) is 5.69 Å². The van der Waals surface area contributed by atoms with Crippen molar-refractivity contribution >= 4 is 11.6 Å². The largest absolute Gasteiger partial charge is 0.330 e. The maximum atomic E-state index is 11.9. The summed E-state index contributed by atoms with van der Waals surface area (Å²) in [5.41, 5.74) is 7.25. The van der Waals surface area contributed by atoms with Gasteiger partial charge in [-0.3, -0.25) is 9.48 Å². The third kappa shape index (κ3) is 5.03. The van der Waals surface area contributed by atoms with Gasteiger partial charge in [-0.15, -0.1) is 0 Å². The average Bonchev–Trinajstić information content (AvgIpc) is 2.62. The van der Waals surface area contributed by atoms with Crippen molar-refractivity contribution in [1.82, 2.24) is 9.78 Å². The first-order chi connectivity index (χ1) is 8.93. The van der Waals surface area contributed by atoms with Crippen LogP contribution in [0.1, 0.15) is 38.8 Å². The summed E-state index contributed by atoms with van der Waals surface area (Å²) in [6, 6.07) is 0.